The minimum absolute atomic E-state index is 0.0527. The van der Waals surface area contributed by atoms with E-state index in [0.717, 1.165) is 25.1 Å². The molecule has 0 saturated carbocycles. The zero-order chi connectivity index (χ0) is 14.1. The fourth-order valence-electron chi connectivity index (χ4n) is 1.87. The molecule has 19 heavy (non-hydrogen) atoms. The smallest absolute Gasteiger partial charge is 0.242 e. The van der Waals surface area contributed by atoms with Gasteiger partial charge in [-0.25, -0.2) is 0 Å². The molecule has 1 rings (SSSR count). The lowest BCUT2D eigenvalue weighted by molar-refractivity contribution is -0.121. The number of anilines is 1. The molecule has 0 aliphatic carbocycles. The number of rotatable bonds is 8. The van der Waals surface area contributed by atoms with Gasteiger partial charge in [0.05, 0.1) is 0 Å². The summed E-state index contributed by atoms with van der Waals surface area (Å²) in [5, 5.41) is 6.11. The number of unbranched alkanes of at least 4 members (excludes halogenated alkanes) is 1. The van der Waals surface area contributed by atoms with Gasteiger partial charge in [0.25, 0.3) is 0 Å². The summed E-state index contributed by atoms with van der Waals surface area (Å²) in [6, 6.07) is 8.17. The molecule has 3 nitrogen and oxygen atoms in total. The van der Waals surface area contributed by atoms with Crippen LogP contribution in [0.1, 0.15) is 45.6 Å². The Morgan fingerprint density at radius 1 is 1.16 bits per heavy atom. The van der Waals surface area contributed by atoms with Crippen LogP contribution in [-0.2, 0) is 11.2 Å². The Morgan fingerprint density at radius 3 is 2.42 bits per heavy atom. The minimum Gasteiger partial charge on any atom is -0.374 e. The van der Waals surface area contributed by atoms with Crippen LogP contribution in [0.2, 0.25) is 0 Å². The van der Waals surface area contributed by atoms with Crippen molar-refractivity contribution in [3.05, 3.63) is 29.8 Å². The van der Waals surface area contributed by atoms with Crippen LogP contribution >= 0.6 is 0 Å². The number of hydrogen-bond donors (Lipinski definition) is 2. The molecule has 0 saturated heterocycles. The zero-order valence-corrected chi connectivity index (χ0v) is 12.3. The van der Waals surface area contributed by atoms with Crippen molar-refractivity contribution in [1.82, 2.24) is 5.32 Å². The Balaban J connectivity index is 2.45. The third-order valence-corrected chi connectivity index (χ3v) is 3.10. The summed E-state index contributed by atoms with van der Waals surface area (Å²) in [6.45, 7) is 6.87. The monoisotopic (exact) mass is 262 g/mol. The molecule has 1 aromatic carbocycles. The molecule has 0 heterocycles. The molecule has 1 atom stereocenters. The summed E-state index contributed by atoms with van der Waals surface area (Å²) < 4.78 is 0. The van der Waals surface area contributed by atoms with Crippen molar-refractivity contribution < 1.29 is 4.79 Å². The number of benzene rings is 1. The number of hydrogen-bond acceptors (Lipinski definition) is 2. The van der Waals surface area contributed by atoms with Crippen LogP contribution in [-0.4, -0.2) is 18.5 Å². The van der Waals surface area contributed by atoms with E-state index >= 15 is 0 Å². The Hall–Kier alpha value is -1.51. The van der Waals surface area contributed by atoms with Gasteiger partial charge in [-0.3, -0.25) is 4.79 Å². The van der Waals surface area contributed by atoms with Gasteiger partial charge in [-0.2, -0.15) is 0 Å². The van der Waals surface area contributed by atoms with E-state index in [2.05, 4.69) is 41.8 Å². The lowest BCUT2D eigenvalue weighted by Gasteiger charge is -2.15. The Labute approximate surface area is 116 Å². The van der Waals surface area contributed by atoms with E-state index in [0.29, 0.717) is 0 Å². The van der Waals surface area contributed by atoms with Gasteiger partial charge >= 0.3 is 0 Å². The number of carbonyl (C=O) groups excluding carboxylic acids is 1. The van der Waals surface area contributed by atoms with Gasteiger partial charge in [0.2, 0.25) is 5.91 Å². The van der Waals surface area contributed by atoms with Crippen LogP contribution in [0.15, 0.2) is 24.3 Å². The van der Waals surface area contributed by atoms with E-state index in [-0.39, 0.29) is 11.9 Å². The Morgan fingerprint density at radius 2 is 1.84 bits per heavy atom. The predicted molar refractivity (Wildman–Crippen MR) is 81.4 cm³/mol. The van der Waals surface area contributed by atoms with Crippen LogP contribution in [0.25, 0.3) is 0 Å². The third kappa shape index (κ3) is 5.77. The summed E-state index contributed by atoms with van der Waals surface area (Å²) in [6.07, 6.45) is 4.53. The molecule has 0 aliphatic heterocycles. The first-order valence-electron chi connectivity index (χ1n) is 7.30. The standard InChI is InChI=1S/C16H26N2O/c1-4-6-7-14-8-10-15(11-9-14)18-13(3)16(19)17-12-5-2/h8-11,13,18H,4-7,12H2,1-3H3,(H,17,19). The highest BCUT2D eigenvalue weighted by Crippen LogP contribution is 2.12. The van der Waals surface area contributed by atoms with Crippen molar-refractivity contribution in [2.24, 2.45) is 0 Å². The molecule has 1 unspecified atom stereocenters. The first kappa shape index (κ1) is 15.5. The topological polar surface area (TPSA) is 41.1 Å². The molecule has 3 heteroatoms. The van der Waals surface area contributed by atoms with Crippen molar-refractivity contribution >= 4 is 11.6 Å². The van der Waals surface area contributed by atoms with Gasteiger partial charge < -0.3 is 10.6 Å². The van der Waals surface area contributed by atoms with Crippen LogP contribution in [0.4, 0.5) is 5.69 Å². The molecule has 0 aromatic heterocycles. The van der Waals surface area contributed by atoms with E-state index in [1.807, 2.05) is 13.8 Å². The van der Waals surface area contributed by atoms with E-state index in [1.165, 1.54) is 18.4 Å². The molecule has 0 bridgehead atoms. The molecule has 1 aromatic rings. The third-order valence-electron chi connectivity index (χ3n) is 3.10. The molecule has 0 spiro atoms. The lowest BCUT2D eigenvalue weighted by Crippen LogP contribution is -2.37. The van der Waals surface area contributed by atoms with Gasteiger partial charge in [0.15, 0.2) is 0 Å². The maximum Gasteiger partial charge on any atom is 0.242 e. The Kier molecular flexibility index (Phi) is 7.01. The molecule has 0 radical (unpaired) electrons. The van der Waals surface area contributed by atoms with Gasteiger partial charge in [-0.1, -0.05) is 32.4 Å². The summed E-state index contributed by atoms with van der Waals surface area (Å²) in [5.74, 6) is 0.0527. The van der Waals surface area contributed by atoms with E-state index < -0.39 is 0 Å². The normalized spacial score (nSPS) is 11.9. The van der Waals surface area contributed by atoms with Crippen LogP contribution in [0.5, 0.6) is 0 Å². The van der Waals surface area contributed by atoms with Crippen molar-refractivity contribution in [1.29, 1.82) is 0 Å². The highest BCUT2D eigenvalue weighted by molar-refractivity contribution is 5.84. The van der Waals surface area contributed by atoms with Gasteiger partial charge in [-0.05, 0) is 43.9 Å². The van der Waals surface area contributed by atoms with Crippen LogP contribution < -0.4 is 10.6 Å². The fourth-order valence-corrected chi connectivity index (χ4v) is 1.87. The SMILES string of the molecule is CCCCc1ccc(NC(C)C(=O)NCCC)cc1. The molecule has 106 valence electrons. The lowest BCUT2D eigenvalue weighted by atomic mass is 10.1. The molecule has 0 aliphatic rings. The van der Waals surface area contributed by atoms with Crippen molar-refractivity contribution in [2.45, 2.75) is 52.5 Å². The highest BCUT2D eigenvalue weighted by Gasteiger charge is 2.11. The van der Waals surface area contributed by atoms with Crippen molar-refractivity contribution in [2.75, 3.05) is 11.9 Å². The van der Waals surface area contributed by atoms with Gasteiger partial charge in [-0.15, -0.1) is 0 Å². The molecular weight excluding hydrogens is 236 g/mol. The number of carbonyl (C=O) groups is 1. The summed E-state index contributed by atoms with van der Waals surface area (Å²) >= 11 is 0. The average Bonchev–Trinajstić information content (AvgIpc) is 2.43. The molecule has 0 fully saturated rings. The van der Waals surface area contributed by atoms with Crippen molar-refractivity contribution in [3.8, 4) is 0 Å². The second kappa shape index (κ2) is 8.57. The van der Waals surface area contributed by atoms with Crippen LogP contribution in [0, 0.1) is 0 Å². The van der Waals surface area contributed by atoms with E-state index in [1.54, 1.807) is 0 Å². The molecule has 1 amide bonds. The summed E-state index contributed by atoms with van der Waals surface area (Å²) in [5.41, 5.74) is 2.36. The number of nitrogens with one attached hydrogen (secondary N) is 2. The zero-order valence-electron chi connectivity index (χ0n) is 12.3. The summed E-state index contributed by atoms with van der Waals surface area (Å²) in [4.78, 5) is 11.7. The average molecular weight is 262 g/mol. The van der Waals surface area contributed by atoms with Gasteiger partial charge in [0.1, 0.15) is 6.04 Å². The predicted octanol–water partition coefficient (Wildman–Crippen LogP) is 3.36. The van der Waals surface area contributed by atoms with E-state index in [4.69, 9.17) is 0 Å². The first-order valence-corrected chi connectivity index (χ1v) is 7.30. The Bertz CT molecular complexity index is 373. The maximum absolute atomic E-state index is 11.7. The second-order valence-electron chi connectivity index (χ2n) is 4.96. The first-order chi connectivity index (χ1) is 9.17. The molecule has 2 N–H and O–H groups in total. The highest BCUT2D eigenvalue weighted by atomic mass is 16.2. The van der Waals surface area contributed by atoms with Gasteiger partial charge in [0, 0.05) is 12.2 Å². The van der Waals surface area contributed by atoms with Crippen molar-refractivity contribution in [3.63, 3.8) is 0 Å². The quantitative estimate of drug-likeness (QED) is 0.754. The number of amides is 1. The minimum atomic E-state index is -0.201. The summed E-state index contributed by atoms with van der Waals surface area (Å²) in [7, 11) is 0. The van der Waals surface area contributed by atoms with E-state index in [9.17, 15) is 4.79 Å². The largest absolute Gasteiger partial charge is 0.374 e. The fraction of sp³-hybridized carbons (Fsp3) is 0.562. The maximum atomic E-state index is 11.7. The second-order valence-corrected chi connectivity index (χ2v) is 4.96. The molecular formula is C16H26N2O. The van der Waals surface area contributed by atoms with Crippen LogP contribution in [0.3, 0.4) is 0 Å². The number of aryl methyl sites for hydroxylation is 1.